The van der Waals surface area contributed by atoms with Crippen molar-refractivity contribution in [3.8, 4) is 0 Å². The molecule has 1 aromatic carbocycles. The van der Waals surface area contributed by atoms with Crippen molar-refractivity contribution < 1.29 is 10.0 Å². The van der Waals surface area contributed by atoms with E-state index in [1.807, 2.05) is 29.6 Å². The van der Waals surface area contributed by atoms with E-state index in [1.54, 1.807) is 0 Å². The third-order valence-corrected chi connectivity index (χ3v) is 2.83. The molecule has 0 aliphatic carbocycles. The second kappa shape index (κ2) is 2.90. The fourth-order valence-corrected chi connectivity index (χ4v) is 2.11. The number of hydrogen-bond donors (Lipinski definition) is 2. The summed E-state index contributed by atoms with van der Waals surface area (Å²) in [5.74, 6) is 0. The quantitative estimate of drug-likeness (QED) is 0.627. The standard InChI is InChI=1S/C8H7BO2S/c10-9(11)8-7-4-2-1-3-6(7)5-12-8/h1-5,10-11H. The lowest BCUT2D eigenvalue weighted by molar-refractivity contribution is 0.427. The minimum absolute atomic E-state index is 0.616. The summed E-state index contributed by atoms with van der Waals surface area (Å²) in [6.45, 7) is 0. The molecule has 1 heterocycles. The maximum atomic E-state index is 8.98. The van der Waals surface area contributed by atoms with E-state index in [0.29, 0.717) is 4.78 Å². The summed E-state index contributed by atoms with van der Waals surface area (Å²) in [5, 5.41) is 21.9. The number of benzene rings is 1. The van der Waals surface area contributed by atoms with Crippen molar-refractivity contribution in [1.29, 1.82) is 0 Å². The van der Waals surface area contributed by atoms with Gasteiger partial charge >= 0.3 is 7.12 Å². The Morgan fingerprint density at radius 3 is 2.67 bits per heavy atom. The zero-order chi connectivity index (χ0) is 8.55. The van der Waals surface area contributed by atoms with Gasteiger partial charge in [0.1, 0.15) is 0 Å². The first-order chi connectivity index (χ1) is 5.79. The number of hydrogen-bond acceptors (Lipinski definition) is 3. The predicted octanol–water partition coefficient (Wildman–Crippen LogP) is 0.581. The molecule has 12 heavy (non-hydrogen) atoms. The zero-order valence-corrected chi connectivity index (χ0v) is 7.08. The molecule has 0 spiro atoms. The Morgan fingerprint density at radius 2 is 1.92 bits per heavy atom. The first-order valence-electron chi connectivity index (χ1n) is 3.61. The molecule has 0 atom stereocenters. The SMILES string of the molecule is OB(O)c1scc2ccccc12. The first-order valence-corrected chi connectivity index (χ1v) is 4.49. The first kappa shape index (κ1) is 7.80. The van der Waals surface area contributed by atoms with E-state index in [-0.39, 0.29) is 0 Å². The number of rotatable bonds is 1. The predicted molar refractivity (Wildman–Crippen MR) is 51.7 cm³/mol. The lowest BCUT2D eigenvalue weighted by atomic mass is 9.86. The van der Waals surface area contributed by atoms with Crippen LogP contribution in [0.4, 0.5) is 0 Å². The Hall–Kier alpha value is -0.835. The monoisotopic (exact) mass is 178 g/mol. The molecule has 2 N–H and O–H groups in total. The summed E-state index contributed by atoms with van der Waals surface area (Å²) in [4.78, 5) is 0. The van der Waals surface area contributed by atoms with Gasteiger partial charge in [0.25, 0.3) is 0 Å². The third-order valence-electron chi connectivity index (χ3n) is 1.77. The Morgan fingerprint density at radius 1 is 1.17 bits per heavy atom. The van der Waals surface area contributed by atoms with Crippen LogP contribution in [0.15, 0.2) is 29.6 Å². The fraction of sp³-hybridized carbons (Fsp3) is 0. The minimum atomic E-state index is -1.35. The van der Waals surface area contributed by atoms with Gasteiger partial charge in [-0.3, -0.25) is 0 Å². The maximum Gasteiger partial charge on any atom is 0.499 e. The minimum Gasteiger partial charge on any atom is -0.423 e. The van der Waals surface area contributed by atoms with Crippen LogP contribution in [0.1, 0.15) is 0 Å². The molecule has 1 aromatic heterocycles. The summed E-state index contributed by atoms with van der Waals surface area (Å²) >= 11 is 1.37. The van der Waals surface area contributed by atoms with E-state index in [4.69, 9.17) is 10.0 Å². The summed E-state index contributed by atoms with van der Waals surface area (Å²) < 4.78 is 0.616. The molecule has 0 aliphatic heterocycles. The molecule has 2 aromatic rings. The molecule has 0 fully saturated rings. The van der Waals surface area contributed by atoms with Crippen molar-refractivity contribution in [3.05, 3.63) is 29.6 Å². The van der Waals surface area contributed by atoms with Crippen LogP contribution >= 0.6 is 11.3 Å². The average Bonchev–Trinajstić information content (AvgIpc) is 2.47. The molecule has 0 amide bonds. The van der Waals surface area contributed by atoms with Crippen molar-refractivity contribution in [2.45, 2.75) is 0 Å². The highest BCUT2D eigenvalue weighted by Gasteiger charge is 2.15. The molecular formula is C8H7BO2S. The second-order valence-electron chi connectivity index (χ2n) is 2.56. The number of fused-ring (bicyclic) bond motifs is 1. The van der Waals surface area contributed by atoms with Gasteiger partial charge in [0, 0.05) is 4.78 Å². The molecule has 0 bridgehead atoms. The van der Waals surface area contributed by atoms with Gasteiger partial charge in [0.2, 0.25) is 0 Å². The molecule has 60 valence electrons. The maximum absolute atomic E-state index is 8.98. The van der Waals surface area contributed by atoms with Gasteiger partial charge in [0.05, 0.1) is 0 Å². The van der Waals surface area contributed by atoms with Gasteiger partial charge in [-0.2, -0.15) is 11.3 Å². The molecule has 0 saturated carbocycles. The van der Waals surface area contributed by atoms with Gasteiger partial charge in [0.15, 0.2) is 0 Å². The molecule has 0 aliphatic rings. The zero-order valence-electron chi connectivity index (χ0n) is 6.27. The Bertz CT molecular complexity index is 397. The molecule has 0 saturated heterocycles. The Labute approximate surface area is 74.2 Å². The van der Waals surface area contributed by atoms with Crippen LogP contribution < -0.4 is 4.78 Å². The van der Waals surface area contributed by atoms with Crippen molar-refractivity contribution in [3.63, 3.8) is 0 Å². The summed E-state index contributed by atoms with van der Waals surface area (Å²) in [6.07, 6.45) is 0. The molecular weight excluding hydrogens is 171 g/mol. The van der Waals surface area contributed by atoms with Gasteiger partial charge in [-0.1, -0.05) is 24.3 Å². The van der Waals surface area contributed by atoms with Crippen molar-refractivity contribution >= 4 is 34.0 Å². The van der Waals surface area contributed by atoms with Gasteiger partial charge in [-0.25, -0.2) is 0 Å². The summed E-state index contributed by atoms with van der Waals surface area (Å²) in [5.41, 5.74) is 0. The normalized spacial score (nSPS) is 10.5. The number of thiophene rings is 1. The highest BCUT2D eigenvalue weighted by atomic mass is 32.1. The molecule has 2 rings (SSSR count). The smallest absolute Gasteiger partial charge is 0.423 e. The van der Waals surface area contributed by atoms with Crippen LogP contribution in [0.2, 0.25) is 0 Å². The van der Waals surface area contributed by atoms with Gasteiger partial charge in [-0.05, 0) is 16.2 Å². The lowest BCUT2D eigenvalue weighted by Gasteiger charge is -1.94. The molecule has 0 unspecified atom stereocenters. The van der Waals surface area contributed by atoms with E-state index < -0.39 is 7.12 Å². The van der Waals surface area contributed by atoms with Crippen LogP contribution in [-0.2, 0) is 0 Å². The Balaban J connectivity index is 2.70. The van der Waals surface area contributed by atoms with Gasteiger partial charge in [-0.15, -0.1) is 0 Å². The second-order valence-corrected chi connectivity index (χ2v) is 3.47. The highest BCUT2D eigenvalue weighted by Crippen LogP contribution is 2.16. The van der Waals surface area contributed by atoms with E-state index in [9.17, 15) is 0 Å². The van der Waals surface area contributed by atoms with Crippen LogP contribution in [-0.4, -0.2) is 17.2 Å². The van der Waals surface area contributed by atoms with Crippen molar-refractivity contribution in [2.24, 2.45) is 0 Å². The van der Waals surface area contributed by atoms with Crippen LogP contribution in [0.25, 0.3) is 10.8 Å². The summed E-state index contributed by atoms with van der Waals surface area (Å²) in [6, 6.07) is 7.67. The topological polar surface area (TPSA) is 40.5 Å². The Kier molecular flexibility index (Phi) is 1.88. The van der Waals surface area contributed by atoms with E-state index in [0.717, 1.165) is 10.8 Å². The molecule has 2 nitrogen and oxygen atoms in total. The third kappa shape index (κ3) is 1.14. The molecule has 4 heteroatoms. The highest BCUT2D eigenvalue weighted by molar-refractivity contribution is 7.22. The molecule has 0 radical (unpaired) electrons. The lowest BCUT2D eigenvalue weighted by Crippen LogP contribution is -2.27. The largest absolute Gasteiger partial charge is 0.499 e. The fourth-order valence-electron chi connectivity index (χ4n) is 1.21. The van der Waals surface area contributed by atoms with Crippen molar-refractivity contribution in [1.82, 2.24) is 0 Å². The van der Waals surface area contributed by atoms with Gasteiger partial charge < -0.3 is 10.0 Å². The van der Waals surface area contributed by atoms with Crippen molar-refractivity contribution in [2.75, 3.05) is 0 Å². The van der Waals surface area contributed by atoms with E-state index >= 15 is 0 Å². The van der Waals surface area contributed by atoms with Crippen LogP contribution in [0, 0.1) is 0 Å². The summed E-state index contributed by atoms with van der Waals surface area (Å²) in [7, 11) is -1.35. The van der Waals surface area contributed by atoms with E-state index in [1.165, 1.54) is 11.3 Å². The van der Waals surface area contributed by atoms with E-state index in [2.05, 4.69) is 0 Å². The van der Waals surface area contributed by atoms with Crippen LogP contribution in [0.5, 0.6) is 0 Å². The average molecular weight is 178 g/mol. The van der Waals surface area contributed by atoms with Crippen LogP contribution in [0.3, 0.4) is 0 Å².